The van der Waals surface area contributed by atoms with Gasteiger partial charge in [0.05, 0.1) is 20.3 Å². The summed E-state index contributed by atoms with van der Waals surface area (Å²) in [6.07, 6.45) is 1.32. The van der Waals surface area contributed by atoms with Crippen LogP contribution in [0.1, 0.15) is 18.9 Å². The molecule has 1 aliphatic rings. The maximum Gasteiger partial charge on any atom is 0.194 e. The van der Waals surface area contributed by atoms with Crippen LogP contribution < -0.4 is 14.8 Å². The van der Waals surface area contributed by atoms with Gasteiger partial charge in [-0.2, -0.15) is 0 Å². The molecular formula is C17H27N3O3. The zero-order valence-electron chi connectivity index (χ0n) is 14.2. The highest BCUT2D eigenvalue weighted by Crippen LogP contribution is 2.24. The number of β-amino-alcohol motifs (C(OH)–C–C–N with tert-alkyl or cyclic N) is 1. The van der Waals surface area contributed by atoms with E-state index in [4.69, 9.17) is 9.47 Å². The maximum atomic E-state index is 9.69. The van der Waals surface area contributed by atoms with Crippen molar-refractivity contribution in [2.75, 3.05) is 40.4 Å². The van der Waals surface area contributed by atoms with E-state index in [0.717, 1.165) is 49.0 Å². The number of likely N-dealkylation sites (tertiary alicyclic amines) is 1. The van der Waals surface area contributed by atoms with E-state index in [0.29, 0.717) is 13.1 Å². The number of nitrogens with zero attached hydrogens (tertiary/aromatic N) is 2. The Bertz CT molecular complexity index is 534. The van der Waals surface area contributed by atoms with Crippen LogP contribution >= 0.6 is 0 Å². The lowest BCUT2D eigenvalue weighted by Crippen LogP contribution is -2.40. The van der Waals surface area contributed by atoms with Crippen molar-refractivity contribution in [1.29, 1.82) is 0 Å². The molecule has 2 rings (SSSR count). The van der Waals surface area contributed by atoms with Gasteiger partial charge in [0.1, 0.15) is 11.5 Å². The van der Waals surface area contributed by atoms with Crippen molar-refractivity contribution in [3.63, 3.8) is 0 Å². The van der Waals surface area contributed by atoms with Gasteiger partial charge in [0.25, 0.3) is 0 Å². The molecule has 0 bridgehead atoms. The predicted octanol–water partition coefficient (Wildman–Crippen LogP) is 1.28. The number of methoxy groups -OCH3 is 2. The highest BCUT2D eigenvalue weighted by atomic mass is 16.5. The average molecular weight is 321 g/mol. The minimum Gasteiger partial charge on any atom is -0.497 e. The third-order valence-corrected chi connectivity index (χ3v) is 3.93. The molecule has 6 nitrogen and oxygen atoms in total. The standard InChI is InChI=1S/C17H27N3O3/c1-4-18-17(20-10-8-14(21)12-20)19-9-7-13-11-15(22-2)5-6-16(13)23-3/h5-6,11,14,21H,4,7-10,12H2,1-3H3,(H,18,19)/t14-/m1/s1. The number of benzene rings is 1. The molecule has 1 aliphatic heterocycles. The Morgan fingerprint density at radius 3 is 2.83 bits per heavy atom. The van der Waals surface area contributed by atoms with Gasteiger partial charge in [-0.15, -0.1) is 0 Å². The quantitative estimate of drug-likeness (QED) is 0.610. The normalized spacial score (nSPS) is 18.2. The largest absolute Gasteiger partial charge is 0.497 e. The Balaban J connectivity index is 2.02. The van der Waals surface area contributed by atoms with Gasteiger partial charge in [0.15, 0.2) is 5.96 Å². The third-order valence-electron chi connectivity index (χ3n) is 3.93. The lowest BCUT2D eigenvalue weighted by Gasteiger charge is -2.21. The van der Waals surface area contributed by atoms with Crippen molar-refractivity contribution in [2.24, 2.45) is 4.99 Å². The molecule has 0 spiro atoms. The number of aliphatic imine (C=N–C) groups is 1. The lowest BCUT2D eigenvalue weighted by molar-refractivity contribution is 0.188. The predicted molar refractivity (Wildman–Crippen MR) is 91.4 cm³/mol. The number of nitrogens with one attached hydrogen (secondary N) is 1. The molecule has 1 aromatic rings. The molecule has 0 aromatic heterocycles. The minimum absolute atomic E-state index is 0.252. The number of hydrogen-bond donors (Lipinski definition) is 2. The van der Waals surface area contributed by atoms with Crippen LogP contribution in [0.25, 0.3) is 0 Å². The zero-order chi connectivity index (χ0) is 16.7. The molecule has 0 unspecified atom stereocenters. The summed E-state index contributed by atoms with van der Waals surface area (Å²) in [6, 6.07) is 5.79. The van der Waals surface area contributed by atoms with Crippen molar-refractivity contribution in [3.8, 4) is 11.5 Å². The first-order valence-electron chi connectivity index (χ1n) is 8.10. The molecule has 1 atom stereocenters. The fourth-order valence-electron chi connectivity index (χ4n) is 2.72. The Morgan fingerprint density at radius 1 is 1.39 bits per heavy atom. The first kappa shape index (κ1) is 17.4. The van der Waals surface area contributed by atoms with Crippen LogP contribution in [-0.2, 0) is 6.42 Å². The summed E-state index contributed by atoms with van der Waals surface area (Å²) in [5.41, 5.74) is 1.08. The molecule has 23 heavy (non-hydrogen) atoms. The second kappa shape index (κ2) is 8.62. The Hall–Kier alpha value is -1.95. The maximum absolute atomic E-state index is 9.69. The van der Waals surface area contributed by atoms with E-state index in [1.54, 1.807) is 14.2 Å². The molecule has 0 radical (unpaired) electrons. The summed E-state index contributed by atoms with van der Waals surface area (Å²) in [7, 11) is 3.33. The van der Waals surface area contributed by atoms with Crippen molar-refractivity contribution in [2.45, 2.75) is 25.9 Å². The second-order valence-electron chi connectivity index (χ2n) is 5.55. The van der Waals surface area contributed by atoms with Gasteiger partial charge >= 0.3 is 0 Å². The van der Waals surface area contributed by atoms with Crippen molar-refractivity contribution in [3.05, 3.63) is 23.8 Å². The van der Waals surface area contributed by atoms with E-state index in [-0.39, 0.29) is 6.10 Å². The van der Waals surface area contributed by atoms with Gasteiger partial charge in [-0.3, -0.25) is 4.99 Å². The average Bonchev–Trinajstić information content (AvgIpc) is 3.00. The van der Waals surface area contributed by atoms with Gasteiger partial charge in [-0.05, 0) is 43.5 Å². The molecule has 2 N–H and O–H groups in total. The van der Waals surface area contributed by atoms with E-state index in [9.17, 15) is 5.11 Å². The van der Waals surface area contributed by atoms with Crippen LogP contribution in [0.5, 0.6) is 11.5 Å². The van der Waals surface area contributed by atoms with E-state index in [1.165, 1.54) is 0 Å². The summed E-state index contributed by atoms with van der Waals surface area (Å²) in [5, 5.41) is 13.0. The number of aliphatic hydroxyl groups is 1. The SMILES string of the molecule is CCNC(=NCCc1cc(OC)ccc1OC)N1CC[C@@H](O)C1. The fourth-order valence-corrected chi connectivity index (χ4v) is 2.72. The number of guanidine groups is 1. The number of hydrogen-bond acceptors (Lipinski definition) is 4. The van der Waals surface area contributed by atoms with Gasteiger partial charge < -0.3 is 24.8 Å². The lowest BCUT2D eigenvalue weighted by atomic mass is 10.1. The Morgan fingerprint density at radius 2 is 2.22 bits per heavy atom. The molecule has 0 aliphatic carbocycles. The molecule has 6 heteroatoms. The van der Waals surface area contributed by atoms with Crippen molar-refractivity contribution in [1.82, 2.24) is 10.2 Å². The van der Waals surface area contributed by atoms with E-state index >= 15 is 0 Å². The van der Waals surface area contributed by atoms with Crippen LogP contribution in [-0.4, -0.2) is 62.5 Å². The zero-order valence-corrected chi connectivity index (χ0v) is 14.2. The number of rotatable bonds is 6. The molecule has 0 amide bonds. The van der Waals surface area contributed by atoms with E-state index in [1.807, 2.05) is 25.1 Å². The van der Waals surface area contributed by atoms with Crippen LogP contribution in [0, 0.1) is 0 Å². The molecule has 1 saturated heterocycles. The molecule has 0 saturated carbocycles. The van der Waals surface area contributed by atoms with Crippen LogP contribution in [0.4, 0.5) is 0 Å². The van der Waals surface area contributed by atoms with Crippen molar-refractivity contribution >= 4 is 5.96 Å². The Labute approximate surface area is 138 Å². The van der Waals surface area contributed by atoms with Gasteiger partial charge in [-0.25, -0.2) is 0 Å². The third kappa shape index (κ3) is 4.76. The summed E-state index contributed by atoms with van der Waals surface area (Å²) in [6.45, 7) is 5.00. The number of aliphatic hydroxyl groups excluding tert-OH is 1. The Kier molecular flexibility index (Phi) is 6.52. The smallest absolute Gasteiger partial charge is 0.194 e. The van der Waals surface area contributed by atoms with Crippen molar-refractivity contribution < 1.29 is 14.6 Å². The summed E-state index contributed by atoms with van der Waals surface area (Å²) in [4.78, 5) is 6.79. The van der Waals surface area contributed by atoms with E-state index < -0.39 is 0 Å². The molecular weight excluding hydrogens is 294 g/mol. The van der Waals surface area contributed by atoms with Gasteiger partial charge in [-0.1, -0.05) is 0 Å². The topological polar surface area (TPSA) is 66.3 Å². The van der Waals surface area contributed by atoms with Crippen LogP contribution in [0.15, 0.2) is 23.2 Å². The van der Waals surface area contributed by atoms with Crippen LogP contribution in [0.2, 0.25) is 0 Å². The summed E-state index contributed by atoms with van der Waals surface area (Å²) < 4.78 is 10.7. The highest BCUT2D eigenvalue weighted by Gasteiger charge is 2.22. The minimum atomic E-state index is -0.252. The van der Waals surface area contributed by atoms with Crippen LogP contribution in [0.3, 0.4) is 0 Å². The monoisotopic (exact) mass is 321 g/mol. The number of ether oxygens (including phenoxy) is 2. The highest BCUT2D eigenvalue weighted by molar-refractivity contribution is 5.80. The molecule has 1 aromatic carbocycles. The summed E-state index contributed by atoms with van der Waals surface area (Å²) in [5.74, 6) is 2.54. The molecule has 1 heterocycles. The molecule has 128 valence electrons. The summed E-state index contributed by atoms with van der Waals surface area (Å²) >= 11 is 0. The second-order valence-corrected chi connectivity index (χ2v) is 5.55. The van der Waals surface area contributed by atoms with Gasteiger partial charge in [0.2, 0.25) is 0 Å². The van der Waals surface area contributed by atoms with E-state index in [2.05, 4.69) is 15.2 Å². The fraction of sp³-hybridized carbons (Fsp3) is 0.588. The van der Waals surface area contributed by atoms with Gasteiger partial charge in [0, 0.05) is 26.2 Å². The first-order chi connectivity index (χ1) is 11.2. The molecule has 1 fully saturated rings. The first-order valence-corrected chi connectivity index (χ1v) is 8.10.